The average molecular weight is 301 g/mol. The van der Waals surface area contributed by atoms with Crippen LogP contribution in [0.4, 0.5) is 0 Å². The molecule has 3 nitrogen and oxygen atoms in total. The van der Waals surface area contributed by atoms with Crippen molar-refractivity contribution in [1.29, 1.82) is 0 Å². The van der Waals surface area contributed by atoms with E-state index in [1.165, 1.54) is 30.6 Å². The third-order valence-corrected chi connectivity index (χ3v) is 5.07. The van der Waals surface area contributed by atoms with Gasteiger partial charge in [0.05, 0.1) is 12.6 Å². The second-order valence-corrected chi connectivity index (χ2v) is 6.44. The number of halogens is 1. The zero-order valence-corrected chi connectivity index (χ0v) is 12.6. The molecular weight excluding hydrogens is 280 g/mol. The van der Waals surface area contributed by atoms with Crippen molar-refractivity contribution < 1.29 is 4.79 Å². The number of fused-ring (bicyclic) bond motifs is 1. The van der Waals surface area contributed by atoms with Gasteiger partial charge in [-0.2, -0.15) is 0 Å². The van der Waals surface area contributed by atoms with Gasteiger partial charge < -0.3 is 10.6 Å². The molecule has 1 saturated carbocycles. The normalized spacial score (nSPS) is 29.4. The van der Waals surface area contributed by atoms with Crippen LogP contribution in [0.1, 0.15) is 37.0 Å². The molecular formula is C14H21ClN2OS. The van der Waals surface area contributed by atoms with E-state index < -0.39 is 0 Å². The number of amides is 1. The summed E-state index contributed by atoms with van der Waals surface area (Å²) in [5, 5.41) is 8.61. The smallest absolute Gasteiger partial charge is 0.237 e. The summed E-state index contributed by atoms with van der Waals surface area (Å²) in [7, 11) is 0. The van der Waals surface area contributed by atoms with Crippen LogP contribution >= 0.6 is 23.7 Å². The van der Waals surface area contributed by atoms with E-state index in [1.54, 1.807) is 11.3 Å². The lowest BCUT2D eigenvalue weighted by atomic mass is 9.85. The predicted octanol–water partition coefficient (Wildman–Crippen LogP) is 2.71. The second-order valence-electron chi connectivity index (χ2n) is 5.40. The molecule has 1 aromatic rings. The van der Waals surface area contributed by atoms with E-state index in [0.717, 1.165) is 12.3 Å². The van der Waals surface area contributed by atoms with Gasteiger partial charge in [0, 0.05) is 10.9 Å². The van der Waals surface area contributed by atoms with E-state index in [1.807, 2.05) is 11.4 Å². The summed E-state index contributed by atoms with van der Waals surface area (Å²) in [6.45, 7) is 0.671. The van der Waals surface area contributed by atoms with Crippen molar-refractivity contribution in [2.24, 2.45) is 5.92 Å². The van der Waals surface area contributed by atoms with Gasteiger partial charge in [-0.05, 0) is 36.6 Å². The lowest BCUT2D eigenvalue weighted by molar-refractivity contribution is -0.123. The summed E-state index contributed by atoms with van der Waals surface area (Å²) in [5.74, 6) is 0.911. The number of carbonyl (C=O) groups is 1. The maximum absolute atomic E-state index is 12.1. The number of hydrogen-bond acceptors (Lipinski definition) is 3. The van der Waals surface area contributed by atoms with Gasteiger partial charge in [0.15, 0.2) is 0 Å². The molecule has 1 aliphatic heterocycles. The topological polar surface area (TPSA) is 41.1 Å². The molecule has 3 unspecified atom stereocenters. The van der Waals surface area contributed by atoms with E-state index >= 15 is 0 Å². The highest BCUT2D eigenvalue weighted by Gasteiger charge is 2.37. The Morgan fingerprint density at radius 3 is 3.00 bits per heavy atom. The first-order chi connectivity index (χ1) is 8.83. The molecule has 1 aromatic heterocycles. The molecule has 0 bridgehead atoms. The average Bonchev–Trinajstić information content (AvgIpc) is 3.04. The Kier molecular flexibility index (Phi) is 5.25. The van der Waals surface area contributed by atoms with E-state index in [4.69, 9.17) is 0 Å². The Morgan fingerprint density at radius 2 is 2.26 bits per heavy atom. The van der Waals surface area contributed by atoms with Gasteiger partial charge in [-0.15, -0.1) is 23.7 Å². The fraction of sp³-hybridized carbons (Fsp3) is 0.643. The lowest BCUT2D eigenvalue weighted by Crippen LogP contribution is -2.42. The summed E-state index contributed by atoms with van der Waals surface area (Å²) in [6, 6.07) is 4.72. The second kappa shape index (κ2) is 6.73. The van der Waals surface area contributed by atoms with Crippen molar-refractivity contribution in [1.82, 2.24) is 10.6 Å². The molecule has 3 atom stereocenters. The van der Waals surface area contributed by atoms with Crippen LogP contribution in [0.15, 0.2) is 17.5 Å². The molecule has 2 aliphatic rings. The Bertz CT molecular complexity index is 396. The molecule has 1 aliphatic carbocycles. The van der Waals surface area contributed by atoms with Crippen LogP contribution in [0.5, 0.6) is 0 Å². The summed E-state index contributed by atoms with van der Waals surface area (Å²) in [6.07, 6.45) is 6.23. The van der Waals surface area contributed by atoms with Crippen LogP contribution in [0.2, 0.25) is 0 Å². The maximum Gasteiger partial charge on any atom is 0.237 e. The first kappa shape index (κ1) is 14.8. The monoisotopic (exact) mass is 300 g/mol. The maximum atomic E-state index is 12.1. The van der Waals surface area contributed by atoms with Crippen LogP contribution in [-0.2, 0) is 11.3 Å². The third kappa shape index (κ3) is 3.50. The number of thiophene rings is 1. The van der Waals surface area contributed by atoms with Crippen molar-refractivity contribution in [2.75, 3.05) is 0 Å². The molecule has 0 aromatic carbocycles. The largest absolute Gasteiger partial charge is 0.350 e. The molecule has 1 saturated heterocycles. The highest BCUT2D eigenvalue weighted by Crippen LogP contribution is 2.33. The molecule has 0 spiro atoms. The highest BCUT2D eigenvalue weighted by molar-refractivity contribution is 7.09. The molecule has 0 radical (unpaired) electrons. The molecule has 5 heteroatoms. The standard InChI is InChI=1S/C14H20N2OS.ClH/c17-14(15-9-11-5-3-7-18-11)13-8-10-4-1-2-6-12(10)16-13;/h3,5,7,10,12-13,16H,1-2,4,6,8-9H2,(H,15,17);1H. The molecule has 2 heterocycles. The summed E-state index contributed by atoms with van der Waals surface area (Å²) in [4.78, 5) is 13.3. The van der Waals surface area contributed by atoms with Gasteiger partial charge in [0.2, 0.25) is 5.91 Å². The molecule has 1 amide bonds. The van der Waals surface area contributed by atoms with Crippen molar-refractivity contribution in [3.8, 4) is 0 Å². The van der Waals surface area contributed by atoms with E-state index in [-0.39, 0.29) is 24.4 Å². The first-order valence-electron chi connectivity index (χ1n) is 6.89. The minimum Gasteiger partial charge on any atom is -0.350 e. The minimum absolute atomic E-state index is 0. The van der Waals surface area contributed by atoms with Gasteiger partial charge >= 0.3 is 0 Å². The third-order valence-electron chi connectivity index (χ3n) is 4.20. The Hall–Kier alpha value is -0.580. The quantitative estimate of drug-likeness (QED) is 0.901. The van der Waals surface area contributed by atoms with Crippen molar-refractivity contribution in [3.63, 3.8) is 0 Å². The molecule has 19 heavy (non-hydrogen) atoms. The van der Waals surface area contributed by atoms with Crippen molar-refractivity contribution >= 4 is 29.7 Å². The Labute approximate surface area is 124 Å². The molecule has 2 N–H and O–H groups in total. The zero-order chi connectivity index (χ0) is 12.4. The summed E-state index contributed by atoms with van der Waals surface area (Å²) in [5.41, 5.74) is 0. The van der Waals surface area contributed by atoms with Gasteiger partial charge in [-0.25, -0.2) is 0 Å². The van der Waals surface area contributed by atoms with Gasteiger partial charge in [0.25, 0.3) is 0 Å². The van der Waals surface area contributed by atoms with E-state index in [0.29, 0.717) is 12.6 Å². The molecule has 106 valence electrons. The predicted molar refractivity (Wildman–Crippen MR) is 80.7 cm³/mol. The van der Waals surface area contributed by atoms with Crippen LogP contribution in [0.25, 0.3) is 0 Å². The fourth-order valence-corrected chi connectivity index (χ4v) is 3.88. The van der Waals surface area contributed by atoms with Gasteiger partial charge in [0.1, 0.15) is 0 Å². The first-order valence-corrected chi connectivity index (χ1v) is 7.77. The van der Waals surface area contributed by atoms with Crippen LogP contribution in [0.3, 0.4) is 0 Å². The van der Waals surface area contributed by atoms with Crippen molar-refractivity contribution in [2.45, 2.75) is 50.7 Å². The van der Waals surface area contributed by atoms with Crippen LogP contribution in [0, 0.1) is 5.92 Å². The van der Waals surface area contributed by atoms with Crippen LogP contribution in [-0.4, -0.2) is 18.0 Å². The highest BCUT2D eigenvalue weighted by atomic mass is 35.5. The van der Waals surface area contributed by atoms with E-state index in [2.05, 4.69) is 16.7 Å². The number of rotatable bonds is 3. The minimum atomic E-state index is 0. The Morgan fingerprint density at radius 1 is 1.42 bits per heavy atom. The SMILES string of the molecule is Cl.O=C(NCc1cccs1)C1CC2CCCCC2N1. The number of nitrogens with one attached hydrogen (secondary N) is 2. The molecule has 2 fully saturated rings. The lowest BCUT2D eigenvalue weighted by Gasteiger charge is -2.24. The Balaban J connectivity index is 0.00000133. The van der Waals surface area contributed by atoms with Crippen molar-refractivity contribution in [3.05, 3.63) is 22.4 Å². The van der Waals surface area contributed by atoms with E-state index in [9.17, 15) is 4.79 Å². The number of hydrogen-bond donors (Lipinski definition) is 2. The van der Waals surface area contributed by atoms with Gasteiger partial charge in [-0.3, -0.25) is 4.79 Å². The summed E-state index contributed by atoms with van der Waals surface area (Å²) < 4.78 is 0. The number of carbonyl (C=O) groups excluding carboxylic acids is 1. The fourth-order valence-electron chi connectivity index (χ4n) is 3.23. The molecule has 3 rings (SSSR count). The van der Waals surface area contributed by atoms with Gasteiger partial charge in [-0.1, -0.05) is 18.9 Å². The zero-order valence-electron chi connectivity index (χ0n) is 10.9. The summed E-state index contributed by atoms with van der Waals surface area (Å²) >= 11 is 1.69. The van der Waals surface area contributed by atoms with Crippen LogP contribution < -0.4 is 10.6 Å².